The van der Waals surface area contributed by atoms with Gasteiger partial charge < -0.3 is 9.73 Å². The van der Waals surface area contributed by atoms with Gasteiger partial charge >= 0.3 is 0 Å². The van der Waals surface area contributed by atoms with E-state index in [-0.39, 0.29) is 0 Å². The van der Waals surface area contributed by atoms with Crippen molar-refractivity contribution in [1.82, 2.24) is 4.57 Å². The summed E-state index contributed by atoms with van der Waals surface area (Å²) in [4.78, 5) is 5.64. The average Bonchev–Trinajstić information content (AvgIpc) is 3.71. The van der Waals surface area contributed by atoms with Gasteiger partial charge in [0, 0.05) is 49.1 Å². The van der Waals surface area contributed by atoms with Crippen LogP contribution in [0.15, 0.2) is 161 Å². The molecular formula is C44H27N3O. The predicted octanol–water partition coefficient (Wildman–Crippen LogP) is 11.6. The maximum Gasteiger partial charge on any atom is 0.201 e. The molecule has 1 aliphatic heterocycles. The molecule has 1 aliphatic rings. The zero-order valence-corrected chi connectivity index (χ0v) is 25.8. The maximum absolute atomic E-state index is 6.20. The molecule has 3 heterocycles. The van der Waals surface area contributed by atoms with Gasteiger partial charge in [0.2, 0.25) is 6.29 Å². The number of fused-ring (bicyclic) bond motifs is 14. The van der Waals surface area contributed by atoms with Crippen LogP contribution in [0.4, 0.5) is 5.69 Å². The summed E-state index contributed by atoms with van der Waals surface area (Å²) in [7, 11) is 0. The summed E-state index contributed by atoms with van der Waals surface area (Å²) < 4.78 is 8.66. The first kappa shape index (κ1) is 25.8. The molecular weight excluding hydrogens is 587 g/mol. The number of furan rings is 1. The van der Waals surface area contributed by atoms with Crippen molar-refractivity contribution < 1.29 is 4.42 Å². The van der Waals surface area contributed by atoms with Crippen molar-refractivity contribution in [2.24, 2.45) is 4.99 Å². The second-order valence-electron chi connectivity index (χ2n) is 12.7. The number of para-hydroxylation sites is 2. The van der Waals surface area contributed by atoms with Crippen LogP contribution in [0.5, 0.6) is 0 Å². The van der Waals surface area contributed by atoms with E-state index in [1.165, 1.54) is 54.1 Å². The van der Waals surface area contributed by atoms with Gasteiger partial charge in [0.05, 0.1) is 16.7 Å². The number of hydrogen-bond donors (Lipinski definition) is 1. The molecule has 48 heavy (non-hydrogen) atoms. The zero-order valence-electron chi connectivity index (χ0n) is 25.8. The molecule has 0 fully saturated rings. The number of benzene rings is 8. The second-order valence-corrected chi connectivity index (χ2v) is 12.7. The van der Waals surface area contributed by atoms with Crippen molar-refractivity contribution in [1.29, 1.82) is 0 Å². The Kier molecular flexibility index (Phi) is 5.13. The van der Waals surface area contributed by atoms with Crippen molar-refractivity contribution in [3.63, 3.8) is 0 Å². The fourth-order valence-corrected chi connectivity index (χ4v) is 8.12. The minimum absolute atomic E-state index is 0.401. The lowest BCUT2D eigenvalue weighted by Gasteiger charge is -2.28. The van der Waals surface area contributed by atoms with E-state index in [9.17, 15) is 0 Å². The molecule has 0 saturated carbocycles. The summed E-state index contributed by atoms with van der Waals surface area (Å²) in [5.74, 6) is 0. The summed E-state index contributed by atoms with van der Waals surface area (Å²) in [6.45, 7) is 0. The highest BCUT2D eigenvalue weighted by Gasteiger charge is 2.28. The van der Waals surface area contributed by atoms with E-state index in [2.05, 4.69) is 149 Å². The lowest BCUT2D eigenvalue weighted by Crippen LogP contribution is -2.25. The molecule has 0 spiro atoms. The largest absolute Gasteiger partial charge is 0.456 e. The minimum Gasteiger partial charge on any atom is -0.456 e. The molecule has 11 rings (SSSR count). The van der Waals surface area contributed by atoms with Crippen LogP contribution in [-0.4, -0.2) is 10.3 Å². The SMILES string of the molecule is c1ccc2c(c1)NC(n1c3c4ccccc4ccc3c3c4ccccc4c4ccccc4c31)N=C2c1ccc2oc3ccccc3c2c1. The van der Waals surface area contributed by atoms with Crippen molar-refractivity contribution in [2.45, 2.75) is 6.29 Å². The third-order valence-corrected chi connectivity index (χ3v) is 10.2. The lowest BCUT2D eigenvalue weighted by atomic mass is 9.96. The smallest absolute Gasteiger partial charge is 0.201 e. The van der Waals surface area contributed by atoms with E-state index in [1.807, 2.05) is 12.1 Å². The molecule has 0 radical (unpaired) electrons. The molecule has 10 aromatic rings. The molecule has 0 amide bonds. The number of aromatic nitrogens is 1. The molecule has 224 valence electrons. The summed E-state index contributed by atoms with van der Waals surface area (Å²) in [6.07, 6.45) is -0.401. The normalized spacial score (nSPS) is 14.8. The first-order valence-corrected chi connectivity index (χ1v) is 16.4. The average molecular weight is 614 g/mol. The Hall–Kier alpha value is -6.39. The van der Waals surface area contributed by atoms with Crippen LogP contribution in [0.3, 0.4) is 0 Å². The summed E-state index contributed by atoms with van der Waals surface area (Å²) >= 11 is 0. The van der Waals surface area contributed by atoms with E-state index in [1.54, 1.807) is 0 Å². The number of anilines is 1. The Morgan fingerprint density at radius 3 is 2.04 bits per heavy atom. The van der Waals surface area contributed by atoms with Gasteiger partial charge in [0.1, 0.15) is 11.2 Å². The fraction of sp³-hybridized carbons (Fsp3) is 0.0227. The number of rotatable bonds is 2. The zero-order chi connectivity index (χ0) is 31.3. The van der Waals surface area contributed by atoms with Crippen molar-refractivity contribution in [3.8, 4) is 0 Å². The van der Waals surface area contributed by atoms with E-state index in [0.717, 1.165) is 44.5 Å². The van der Waals surface area contributed by atoms with Crippen molar-refractivity contribution in [3.05, 3.63) is 163 Å². The monoisotopic (exact) mass is 613 g/mol. The Bertz CT molecular complexity index is 3000. The highest BCUT2D eigenvalue weighted by Crippen LogP contribution is 2.45. The molecule has 2 aromatic heterocycles. The molecule has 8 aromatic carbocycles. The predicted molar refractivity (Wildman–Crippen MR) is 200 cm³/mol. The molecule has 1 unspecified atom stereocenters. The minimum atomic E-state index is -0.401. The Morgan fingerprint density at radius 1 is 0.500 bits per heavy atom. The van der Waals surface area contributed by atoms with E-state index < -0.39 is 6.29 Å². The molecule has 4 heteroatoms. The molecule has 0 bridgehead atoms. The van der Waals surface area contributed by atoms with E-state index in [4.69, 9.17) is 9.41 Å². The van der Waals surface area contributed by atoms with Crippen LogP contribution in [0.2, 0.25) is 0 Å². The van der Waals surface area contributed by atoms with Gasteiger partial charge in [-0.15, -0.1) is 0 Å². The fourth-order valence-electron chi connectivity index (χ4n) is 8.12. The Morgan fingerprint density at radius 2 is 1.17 bits per heavy atom. The molecule has 0 aliphatic carbocycles. The highest BCUT2D eigenvalue weighted by atomic mass is 16.3. The molecule has 1 N–H and O–H groups in total. The van der Waals surface area contributed by atoms with Crippen LogP contribution in [0, 0.1) is 0 Å². The van der Waals surface area contributed by atoms with Crippen LogP contribution in [-0.2, 0) is 0 Å². The lowest BCUT2D eigenvalue weighted by molar-refractivity contribution is 0.627. The number of hydrogen-bond acceptors (Lipinski definition) is 3. The van der Waals surface area contributed by atoms with Gasteiger partial charge in [-0.25, -0.2) is 4.99 Å². The summed E-state index contributed by atoms with van der Waals surface area (Å²) in [6, 6.07) is 54.1. The van der Waals surface area contributed by atoms with Crippen LogP contribution in [0.1, 0.15) is 17.4 Å². The summed E-state index contributed by atoms with van der Waals surface area (Å²) in [5, 5.41) is 16.0. The van der Waals surface area contributed by atoms with Gasteiger partial charge in [-0.1, -0.05) is 121 Å². The third-order valence-electron chi connectivity index (χ3n) is 10.2. The van der Waals surface area contributed by atoms with E-state index >= 15 is 0 Å². The summed E-state index contributed by atoms with van der Waals surface area (Å²) in [5.41, 5.74) is 8.31. The quantitative estimate of drug-likeness (QED) is 0.197. The first-order chi connectivity index (χ1) is 23.8. The third kappa shape index (κ3) is 3.46. The number of nitrogens with one attached hydrogen (secondary N) is 1. The van der Waals surface area contributed by atoms with Crippen molar-refractivity contribution in [2.75, 3.05) is 5.32 Å². The van der Waals surface area contributed by atoms with Crippen LogP contribution in [0.25, 0.3) is 76.1 Å². The van der Waals surface area contributed by atoms with Gasteiger partial charge in [-0.05, 0) is 51.9 Å². The van der Waals surface area contributed by atoms with Gasteiger partial charge in [0.15, 0.2) is 0 Å². The highest BCUT2D eigenvalue weighted by molar-refractivity contribution is 6.34. The van der Waals surface area contributed by atoms with E-state index in [0.29, 0.717) is 0 Å². The Balaban J connectivity index is 1.28. The topological polar surface area (TPSA) is 42.5 Å². The Labute approximate surface area is 275 Å². The molecule has 1 atom stereocenters. The van der Waals surface area contributed by atoms with Gasteiger partial charge in [0.25, 0.3) is 0 Å². The van der Waals surface area contributed by atoms with Crippen LogP contribution < -0.4 is 5.32 Å². The van der Waals surface area contributed by atoms with Crippen LogP contribution >= 0.6 is 0 Å². The maximum atomic E-state index is 6.20. The van der Waals surface area contributed by atoms with Gasteiger partial charge in [-0.3, -0.25) is 4.57 Å². The number of nitrogens with zero attached hydrogens (tertiary/aromatic N) is 2. The standard InChI is InChI=1S/C44H27N3O/c1-2-12-28-26(11-1)21-23-35-40-32-16-5-3-13-29(32)30-14-4-6-17-33(30)43(40)47(42(28)35)44-45-37-19-9-7-18-34(37)41(46-44)27-22-24-39-36(25-27)31-15-8-10-20-38(31)48-39/h1-25,44-45H. The van der Waals surface area contributed by atoms with Gasteiger partial charge in [-0.2, -0.15) is 0 Å². The molecule has 4 nitrogen and oxygen atoms in total. The van der Waals surface area contributed by atoms with Crippen molar-refractivity contribution >= 4 is 87.5 Å². The number of aliphatic imine (C=N–C) groups is 1. The first-order valence-electron chi connectivity index (χ1n) is 16.4. The molecule has 0 saturated heterocycles. The second kappa shape index (κ2) is 9.57.